The minimum Gasteiger partial charge on any atom is -0.238 e. The molecule has 0 amide bonds. The van der Waals surface area contributed by atoms with E-state index in [1.807, 2.05) is 12.3 Å². The van der Waals surface area contributed by atoms with Crippen molar-refractivity contribution in [2.75, 3.05) is 0 Å². The van der Waals surface area contributed by atoms with Gasteiger partial charge in [0.25, 0.3) is 0 Å². The molecule has 3 nitrogen and oxygen atoms in total. The van der Waals surface area contributed by atoms with E-state index in [4.69, 9.17) is 11.6 Å². The summed E-state index contributed by atoms with van der Waals surface area (Å²) in [6.45, 7) is 6.09. The van der Waals surface area contributed by atoms with Crippen molar-refractivity contribution in [1.29, 1.82) is 0 Å². The Bertz CT molecular complexity index is 554. The van der Waals surface area contributed by atoms with E-state index in [0.29, 0.717) is 11.0 Å². The summed E-state index contributed by atoms with van der Waals surface area (Å²) in [4.78, 5) is 13.1. The number of hydrogen-bond acceptors (Lipinski definition) is 4. The van der Waals surface area contributed by atoms with E-state index in [0.717, 1.165) is 20.9 Å². The molecule has 0 fully saturated rings. The van der Waals surface area contributed by atoms with Crippen LogP contribution in [0.3, 0.4) is 0 Å². The summed E-state index contributed by atoms with van der Waals surface area (Å²) in [5.74, 6) is 0.870. The number of aryl methyl sites for hydroxylation is 1. The Balaban J connectivity index is 2.56. The normalized spacial score (nSPS) is 11.2. The molecule has 2 heterocycles. The summed E-state index contributed by atoms with van der Waals surface area (Å²) in [6.07, 6.45) is 0. The van der Waals surface area contributed by atoms with Crippen LogP contribution in [0.4, 0.5) is 0 Å². The van der Waals surface area contributed by atoms with Gasteiger partial charge in [0.15, 0.2) is 5.82 Å². The minimum atomic E-state index is 0.281. The standard InChI is InChI=1S/C11H11BrClN3S/c1-5(2)9-8(12)10(13)16-11(15-9)7-4-17-6(3)14-7/h4-5H,1-3H3. The molecule has 0 radical (unpaired) electrons. The third-order valence-corrected chi connectivity index (χ3v) is 4.29. The van der Waals surface area contributed by atoms with E-state index in [-0.39, 0.29) is 5.92 Å². The molecule has 0 aromatic carbocycles. The van der Waals surface area contributed by atoms with E-state index < -0.39 is 0 Å². The Labute approximate surface area is 117 Å². The van der Waals surface area contributed by atoms with Crippen molar-refractivity contribution in [3.05, 3.63) is 25.7 Å². The monoisotopic (exact) mass is 331 g/mol. The van der Waals surface area contributed by atoms with Gasteiger partial charge in [-0.3, -0.25) is 0 Å². The fourth-order valence-electron chi connectivity index (χ4n) is 1.40. The first-order chi connectivity index (χ1) is 7.99. The zero-order valence-electron chi connectivity index (χ0n) is 9.66. The SMILES string of the molecule is Cc1nc(-c2nc(Cl)c(Br)c(C(C)C)n2)cs1. The Morgan fingerprint density at radius 2 is 2.00 bits per heavy atom. The molecule has 0 spiro atoms. The summed E-state index contributed by atoms with van der Waals surface area (Å²) >= 11 is 11.1. The van der Waals surface area contributed by atoms with E-state index >= 15 is 0 Å². The van der Waals surface area contributed by atoms with Gasteiger partial charge < -0.3 is 0 Å². The summed E-state index contributed by atoms with van der Waals surface area (Å²) in [6, 6.07) is 0. The van der Waals surface area contributed by atoms with Gasteiger partial charge in [0.05, 0.1) is 15.2 Å². The quantitative estimate of drug-likeness (QED) is 0.763. The molecule has 0 bridgehead atoms. The number of halogens is 2. The molecule has 17 heavy (non-hydrogen) atoms. The van der Waals surface area contributed by atoms with Crippen LogP contribution in [-0.4, -0.2) is 15.0 Å². The van der Waals surface area contributed by atoms with E-state index in [1.54, 1.807) is 11.3 Å². The highest BCUT2D eigenvalue weighted by molar-refractivity contribution is 9.10. The molecule has 2 aromatic rings. The Morgan fingerprint density at radius 1 is 1.29 bits per heavy atom. The van der Waals surface area contributed by atoms with Crippen LogP contribution in [0.15, 0.2) is 9.85 Å². The lowest BCUT2D eigenvalue weighted by Gasteiger charge is -2.09. The molecular formula is C11H11BrClN3S. The first-order valence-corrected chi connectivity index (χ1v) is 7.19. The van der Waals surface area contributed by atoms with Crippen molar-refractivity contribution in [1.82, 2.24) is 15.0 Å². The molecule has 0 aliphatic heterocycles. The summed E-state index contributed by atoms with van der Waals surface area (Å²) in [5.41, 5.74) is 1.69. The smallest absolute Gasteiger partial charge is 0.180 e. The number of rotatable bonds is 2. The van der Waals surface area contributed by atoms with Crippen LogP contribution in [0.5, 0.6) is 0 Å². The van der Waals surface area contributed by atoms with Crippen molar-refractivity contribution < 1.29 is 0 Å². The number of hydrogen-bond donors (Lipinski definition) is 0. The molecule has 0 saturated heterocycles. The molecule has 2 aromatic heterocycles. The molecule has 0 atom stereocenters. The van der Waals surface area contributed by atoms with Crippen molar-refractivity contribution in [3.63, 3.8) is 0 Å². The first kappa shape index (κ1) is 12.9. The lowest BCUT2D eigenvalue weighted by atomic mass is 10.1. The van der Waals surface area contributed by atoms with Crippen LogP contribution in [0.2, 0.25) is 5.15 Å². The van der Waals surface area contributed by atoms with Gasteiger partial charge in [-0.05, 0) is 28.8 Å². The molecule has 90 valence electrons. The van der Waals surface area contributed by atoms with Gasteiger partial charge in [0.1, 0.15) is 10.8 Å². The molecule has 2 rings (SSSR count). The van der Waals surface area contributed by atoms with Crippen LogP contribution in [0.1, 0.15) is 30.5 Å². The highest BCUT2D eigenvalue weighted by Crippen LogP contribution is 2.31. The second-order valence-electron chi connectivity index (χ2n) is 3.94. The zero-order chi connectivity index (χ0) is 12.6. The maximum atomic E-state index is 6.10. The average molecular weight is 333 g/mol. The molecule has 0 saturated carbocycles. The van der Waals surface area contributed by atoms with Gasteiger partial charge in [0.2, 0.25) is 0 Å². The predicted molar refractivity (Wildman–Crippen MR) is 74.7 cm³/mol. The number of aromatic nitrogens is 3. The van der Waals surface area contributed by atoms with Crippen molar-refractivity contribution >= 4 is 38.9 Å². The summed E-state index contributed by atoms with van der Waals surface area (Å²) < 4.78 is 0.768. The molecule has 0 aliphatic carbocycles. The van der Waals surface area contributed by atoms with Crippen LogP contribution >= 0.6 is 38.9 Å². The molecule has 0 N–H and O–H groups in total. The highest BCUT2D eigenvalue weighted by atomic mass is 79.9. The summed E-state index contributed by atoms with van der Waals surface area (Å²) in [7, 11) is 0. The van der Waals surface area contributed by atoms with Crippen molar-refractivity contribution in [3.8, 4) is 11.5 Å². The van der Waals surface area contributed by atoms with E-state index in [1.165, 1.54) is 0 Å². The predicted octanol–water partition coefficient (Wildman–Crippen LogP) is 4.45. The Kier molecular flexibility index (Phi) is 3.80. The van der Waals surface area contributed by atoms with Crippen LogP contribution < -0.4 is 0 Å². The summed E-state index contributed by atoms with van der Waals surface area (Å²) in [5, 5.41) is 3.37. The topological polar surface area (TPSA) is 38.7 Å². The fourth-order valence-corrected chi connectivity index (χ4v) is 2.80. The molecule has 0 aliphatic rings. The lowest BCUT2D eigenvalue weighted by molar-refractivity contribution is 0.808. The Morgan fingerprint density at radius 3 is 2.53 bits per heavy atom. The number of nitrogens with zero attached hydrogens (tertiary/aromatic N) is 3. The van der Waals surface area contributed by atoms with Gasteiger partial charge in [-0.2, -0.15) is 0 Å². The average Bonchev–Trinajstić information content (AvgIpc) is 2.68. The third kappa shape index (κ3) is 2.67. The maximum absolute atomic E-state index is 6.10. The maximum Gasteiger partial charge on any atom is 0.180 e. The van der Waals surface area contributed by atoms with Gasteiger partial charge in [0, 0.05) is 5.38 Å². The van der Waals surface area contributed by atoms with Gasteiger partial charge in [-0.15, -0.1) is 11.3 Å². The second kappa shape index (κ2) is 5.00. The fraction of sp³-hybridized carbons (Fsp3) is 0.364. The number of thiazole rings is 1. The van der Waals surface area contributed by atoms with E-state index in [2.05, 4.69) is 44.7 Å². The van der Waals surface area contributed by atoms with E-state index in [9.17, 15) is 0 Å². The van der Waals surface area contributed by atoms with Gasteiger partial charge >= 0.3 is 0 Å². The molecule has 0 unspecified atom stereocenters. The highest BCUT2D eigenvalue weighted by Gasteiger charge is 2.15. The molecule has 6 heteroatoms. The van der Waals surface area contributed by atoms with Crippen molar-refractivity contribution in [2.45, 2.75) is 26.7 Å². The van der Waals surface area contributed by atoms with Crippen LogP contribution in [0.25, 0.3) is 11.5 Å². The van der Waals surface area contributed by atoms with Crippen LogP contribution in [0, 0.1) is 6.92 Å². The largest absolute Gasteiger partial charge is 0.238 e. The van der Waals surface area contributed by atoms with Crippen LogP contribution in [-0.2, 0) is 0 Å². The zero-order valence-corrected chi connectivity index (χ0v) is 12.8. The minimum absolute atomic E-state index is 0.281. The van der Waals surface area contributed by atoms with Gasteiger partial charge in [-0.25, -0.2) is 15.0 Å². The Hall–Kier alpha value is -0.520. The van der Waals surface area contributed by atoms with Gasteiger partial charge in [-0.1, -0.05) is 25.4 Å². The van der Waals surface area contributed by atoms with Crippen molar-refractivity contribution in [2.24, 2.45) is 0 Å². The first-order valence-electron chi connectivity index (χ1n) is 5.14. The second-order valence-corrected chi connectivity index (χ2v) is 6.16. The lowest BCUT2D eigenvalue weighted by Crippen LogP contribution is -2.00. The third-order valence-electron chi connectivity index (χ3n) is 2.23. The molecular weight excluding hydrogens is 322 g/mol.